The van der Waals surface area contributed by atoms with Crippen molar-refractivity contribution in [1.82, 2.24) is 8.87 Å². The van der Waals surface area contributed by atoms with Gasteiger partial charge in [0.15, 0.2) is 4.80 Å². The normalized spacial score (nSPS) is 12.4. The zero-order valence-corrected chi connectivity index (χ0v) is 23.3. The molecule has 0 aliphatic heterocycles. The number of halogens is 2. The quantitative estimate of drug-likeness (QED) is 0.314. The fourth-order valence-corrected chi connectivity index (χ4v) is 7.05. The number of hydrogen-bond donors (Lipinski definition) is 0. The maximum Gasteiger partial charge on any atom is 0.326 e. The second-order valence-electron chi connectivity index (χ2n) is 7.86. The van der Waals surface area contributed by atoms with Crippen LogP contribution in [0.2, 0.25) is 10.0 Å². The highest BCUT2D eigenvalue weighted by atomic mass is 35.5. The minimum Gasteiger partial charge on any atom is -0.465 e. The molecule has 0 aliphatic rings. The van der Waals surface area contributed by atoms with Gasteiger partial charge in [0.25, 0.3) is 5.91 Å². The topological polar surface area (TPSA) is 98.0 Å². The molecule has 36 heavy (non-hydrogen) atoms. The van der Waals surface area contributed by atoms with Gasteiger partial charge in [0.1, 0.15) is 6.54 Å². The van der Waals surface area contributed by atoms with Gasteiger partial charge in [-0.2, -0.15) is 9.30 Å². The van der Waals surface area contributed by atoms with Gasteiger partial charge >= 0.3 is 5.97 Å². The molecule has 0 radical (unpaired) electrons. The van der Waals surface area contributed by atoms with Crippen LogP contribution in [-0.4, -0.2) is 48.9 Å². The molecule has 0 bridgehead atoms. The van der Waals surface area contributed by atoms with Gasteiger partial charge in [0, 0.05) is 23.7 Å². The first-order valence-corrected chi connectivity index (χ1v) is 14.5. The summed E-state index contributed by atoms with van der Waals surface area (Å²) in [6.07, 6.45) is 1.40. The first-order chi connectivity index (χ1) is 17.1. The van der Waals surface area contributed by atoms with Crippen LogP contribution in [0.5, 0.6) is 0 Å². The highest BCUT2D eigenvalue weighted by Crippen LogP contribution is 2.30. The minimum atomic E-state index is -3.67. The Labute approximate surface area is 224 Å². The molecule has 0 atom stereocenters. The molecule has 0 aliphatic carbocycles. The number of sulfonamides is 1. The summed E-state index contributed by atoms with van der Waals surface area (Å²) in [5.41, 5.74) is 0.717. The van der Waals surface area contributed by atoms with Crippen molar-refractivity contribution >= 4 is 66.7 Å². The predicted molar refractivity (Wildman–Crippen MR) is 142 cm³/mol. The molecule has 0 saturated heterocycles. The summed E-state index contributed by atoms with van der Waals surface area (Å²) in [6.45, 7) is 6.40. The van der Waals surface area contributed by atoms with Crippen LogP contribution in [0, 0.1) is 0 Å². The van der Waals surface area contributed by atoms with Crippen LogP contribution in [0.1, 0.15) is 44.0 Å². The van der Waals surface area contributed by atoms with Crippen LogP contribution in [0.3, 0.4) is 0 Å². The van der Waals surface area contributed by atoms with Crippen molar-refractivity contribution in [2.24, 2.45) is 4.99 Å². The van der Waals surface area contributed by atoms with Crippen molar-refractivity contribution < 1.29 is 22.7 Å². The summed E-state index contributed by atoms with van der Waals surface area (Å²) in [4.78, 5) is 29.8. The third-order valence-corrected chi connectivity index (χ3v) is 8.61. The number of fused-ring (bicyclic) bond motifs is 1. The molecule has 0 saturated carbocycles. The third-order valence-electron chi connectivity index (χ3n) is 5.17. The van der Waals surface area contributed by atoms with E-state index in [4.69, 9.17) is 27.9 Å². The van der Waals surface area contributed by atoms with E-state index >= 15 is 0 Å². The first-order valence-electron chi connectivity index (χ1n) is 11.5. The lowest BCUT2D eigenvalue weighted by atomic mass is 10.2. The number of carbonyl (C=O) groups excluding carboxylic acids is 2. The van der Waals surface area contributed by atoms with Crippen LogP contribution in [0.4, 0.5) is 0 Å². The zero-order chi connectivity index (χ0) is 26.5. The van der Waals surface area contributed by atoms with Gasteiger partial charge in [-0.1, -0.05) is 48.4 Å². The maximum atomic E-state index is 13.0. The summed E-state index contributed by atoms with van der Waals surface area (Å²) >= 11 is 13.7. The molecule has 1 heterocycles. The average molecular weight is 573 g/mol. The van der Waals surface area contributed by atoms with Gasteiger partial charge in [0.2, 0.25) is 10.0 Å². The molecule has 1 amide bonds. The van der Waals surface area contributed by atoms with E-state index in [0.717, 1.165) is 11.3 Å². The number of hydrogen-bond acceptors (Lipinski definition) is 6. The van der Waals surface area contributed by atoms with E-state index in [1.165, 1.54) is 33.1 Å². The Morgan fingerprint density at radius 2 is 1.69 bits per heavy atom. The van der Waals surface area contributed by atoms with Crippen molar-refractivity contribution in [3.63, 3.8) is 0 Å². The van der Waals surface area contributed by atoms with E-state index in [-0.39, 0.29) is 28.4 Å². The van der Waals surface area contributed by atoms with Crippen LogP contribution in [0.25, 0.3) is 10.2 Å². The molecule has 12 heteroatoms. The van der Waals surface area contributed by atoms with E-state index in [0.29, 0.717) is 46.2 Å². The van der Waals surface area contributed by atoms with E-state index in [1.54, 1.807) is 19.1 Å². The average Bonchev–Trinajstić information content (AvgIpc) is 3.15. The number of thiazole rings is 1. The Hall–Kier alpha value is -2.24. The summed E-state index contributed by atoms with van der Waals surface area (Å²) in [7, 11) is -3.67. The van der Waals surface area contributed by atoms with Gasteiger partial charge in [-0.05, 0) is 56.2 Å². The Kier molecular flexibility index (Phi) is 9.71. The molecule has 2 aromatic carbocycles. The summed E-state index contributed by atoms with van der Waals surface area (Å²) in [5.74, 6) is -1.10. The monoisotopic (exact) mass is 571 g/mol. The smallest absolute Gasteiger partial charge is 0.326 e. The molecular formula is C24H27Cl2N3O5S2. The molecule has 0 fully saturated rings. The van der Waals surface area contributed by atoms with Crippen molar-refractivity contribution in [3.05, 3.63) is 56.8 Å². The van der Waals surface area contributed by atoms with Crippen molar-refractivity contribution in [1.29, 1.82) is 0 Å². The van der Waals surface area contributed by atoms with Crippen LogP contribution < -0.4 is 4.80 Å². The predicted octanol–water partition coefficient (Wildman–Crippen LogP) is 5.12. The van der Waals surface area contributed by atoms with Gasteiger partial charge in [-0.3, -0.25) is 9.59 Å². The van der Waals surface area contributed by atoms with E-state index < -0.39 is 21.9 Å². The maximum absolute atomic E-state index is 13.0. The Balaban J connectivity index is 2.01. The lowest BCUT2D eigenvalue weighted by molar-refractivity contribution is -0.143. The Morgan fingerprint density at radius 1 is 1.06 bits per heavy atom. The molecule has 3 aromatic rings. The number of ether oxygens (including phenoxy) is 1. The fraction of sp³-hybridized carbons (Fsp3) is 0.375. The summed E-state index contributed by atoms with van der Waals surface area (Å²) < 4.78 is 34.7. The van der Waals surface area contributed by atoms with Crippen molar-refractivity contribution in [3.8, 4) is 0 Å². The SMILES string of the molecule is CCCN(CCC)S(=O)(=O)c1ccc(C(=O)N=c2sc3cc(Cl)cc(Cl)c3n2CC(=O)OCC)cc1. The molecule has 0 spiro atoms. The number of nitrogens with zero attached hydrogens (tertiary/aromatic N) is 3. The standard InChI is InChI=1S/C24H27Cl2N3O5S2/c1-4-11-28(12-5-2)36(32,33)18-9-7-16(8-10-18)23(31)27-24-29(15-21(30)34-6-3)22-19(26)13-17(25)14-20(22)35-24/h7-10,13-14H,4-6,11-12,15H2,1-3H3. The first kappa shape index (κ1) is 28.3. The molecule has 194 valence electrons. The van der Waals surface area contributed by atoms with Gasteiger partial charge < -0.3 is 9.30 Å². The van der Waals surface area contributed by atoms with Gasteiger partial charge in [0.05, 0.1) is 26.7 Å². The van der Waals surface area contributed by atoms with Crippen molar-refractivity contribution in [2.75, 3.05) is 19.7 Å². The number of carbonyl (C=O) groups is 2. The summed E-state index contributed by atoms with van der Waals surface area (Å²) in [6, 6.07) is 8.90. The van der Waals surface area contributed by atoms with Gasteiger partial charge in [-0.25, -0.2) is 8.42 Å². The third kappa shape index (κ3) is 6.36. The van der Waals surface area contributed by atoms with Crippen molar-refractivity contribution in [2.45, 2.75) is 45.1 Å². The second-order valence-corrected chi connectivity index (χ2v) is 11.6. The largest absolute Gasteiger partial charge is 0.465 e. The zero-order valence-electron chi connectivity index (χ0n) is 20.2. The number of esters is 1. The number of benzene rings is 2. The fourth-order valence-electron chi connectivity index (χ4n) is 3.62. The second kappa shape index (κ2) is 12.3. The van der Waals surface area contributed by atoms with E-state index in [9.17, 15) is 18.0 Å². The highest BCUT2D eigenvalue weighted by molar-refractivity contribution is 7.89. The van der Waals surface area contributed by atoms with E-state index in [1.807, 2.05) is 13.8 Å². The lowest BCUT2D eigenvalue weighted by Gasteiger charge is -2.21. The molecule has 0 unspecified atom stereocenters. The number of aromatic nitrogens is 1. The molecule has 1 aromatic heterocycles. The van der Waals surface area contributed by atoms with Crippen LogP contribution >= 0.6 is 34.5 Å². The van der Waals surface area contributed by atoms with Crippen LogP contribution in [-0.2, 0) is 26.1 Å². The Bertz CT molecular complexity index is 1420. The van der Waals surface area contributed by atoms with Gasteiger partial charge in [-0.15, -0.1) is 0 Å². The van der Waals surface area contributed by atoms with E-state index in [2.05, 4.69) is 4.99 Å². The molecule has 3 rings (SSSR count). The molecule has 8 nitrogen and oxygen atoms in total. The highest BCUT2D eigenvalue weighted by Gasteiger charge is 2.23. The number of rotatable bonds is 10. The minimum absolute atomic E-state index is 0.113. The molecule has 0 N–H and O–H groups in total. The Morgan fingerprint density at radius 3 is 2.28 bits per heavy atom. The molecular weight excluding hydrogens is 545 g/mol. The lowest BCUT2D eigenvalue weighted by Crippen LogP contribution is -2.32. The number of amides is 1. The van der Waals surface area contributed by atoms with Crippen LogP contribution in [0.15, 0.2) is 46.3 Å². The summed E-state index contributed by atoms with van der Waals surface area (Å²) in [5, 5.41) is 0.720.